The number of nitrogens with one attached hydrogen (secondary N) is 2. The van der Waals surface area contributed by atoms with Gasteiger partial charge in [-0.15, -0.1) is 11.3 Å². The molecule has 1 aromatic heterocycles. The molecule has 0 spiro atoms. The minimum Gasteiger partial charge on any atom is -0.495 e. The van der Waals surface area contributed by atoms with Gasteiger partial charge in [-0.25, -0.2) is 4.98 Å². The Labute approximate surface area is 115 Å². The highest BCUT2D eigenvalue weighted by Crippen LogP contribution is 2.24. The monoisotopic (exact) mass is 277 g/mol. The average Bonchev–Trinajstić information content (AvgIpc) is 2.92. The Bertz CT molecular complexity index is 543. The van der Waals surface area contributed by atoms with Crippen LogP contribution in [0.15, 0.2) is 35.8 Å². The number of carbonyl (C=O) groups excluding carboxylic acids is 1. The van der Waals surface area contributed by atoms with E-state index in [1.54, 1.807) is 20.2 Å². The first-order valence-corrected chi connectivity index (χ1v) is 6.68. The molecule has 1 amide bonds. The molecule has 1 unspecified atom stereocenters. The molecule has 0 radical (unpaired) electrons. The van der Waals surface area contributed by atoms with E-state index >= 15 is 0 Å². The number of hydrogen-bond donors (Lipinski definition) is 2. The largest absolute Gasteiger partial charge is 0.495 e. The number of benzene rings is 1. The molecule has 0 fully saturated rings. The van der Waals surface area contributed by atoms with Crippen LogP contribution in [0.5, 0.6) is 5.75 Å². The van der Waals surface area contributed by atoms with Gasteiger partial charge in [-0.2, -0.15) is 0 Å². The van der Waals surface area contributed by atoms with Crippen molar-refractivity contribution in [3.05, 3.63) is 35.8 Å². The number of ether oxygens (including phenoxy) is 1. The molecule has 1 atom stereocenters. The van der Waals surface area contributed by atoms with Crippen LogP contribution < -0.4 is 15.4 Å². The van der Waals surface area contributed by atoms with E-state index in [2.05, 4.69) is 15.6 Å². The van der Waals surface area contributed by atoms with Gasteiger partial charge in [0, 0.05) is 11.6 Å². The number of amides is 1. The molecular weight excluding hydrogens is 262 g/mol. The third kappa shape index (κ3) is 3.45. The number of para-hydroxylation sites is 2. The molecule has 0 aliphatic heterocycles. The number of aromatic nitrogens is 1. The van der Waals surface area contributed by atoms with Crippen molar-refractivity contribution >= 4 is 28.1 Å². The van der Waals surface area contributed by atoms with Crippen LogP contribution in [-0.4, -0.2) is 24.0 Å². The lowest BCUT2D eigenvalue weighted by atomic mass is 10.2. The number of thiazole rings is 1. The lowest BCUT2D eigenvalue weighted by Gasteiger charge is -2.16. The Morgan fingerprint density at radius 2 is 2.21 bits per heavy atom. The molecule has 0 saturated heterocycles. The van der Waals surface area contributed by atoms with E-state index in [1.807, 2.05) is 29.6 Å². The summed E-state index contributed by atoms with van der Waals surface area (Å²) < 4.78 is 5.23. The van der Waals surface area contributed by atoms with Gasteiger partial charge in [-0.05, 0) is 19.1 Å². The summed E-state index contributed by atoms with van der Waals surface area (Å²) in [5, 5.41) is 8.27. The fraction of sp³-hybridized carbons (Fsp3) is 0.231. The number of nitrogens with zero attached hydrogens (tertiary/aromatic N) is 1. The minimum absolute atomic E-state index is 0.138. The summed E-state index contributed by atoms with van der Waals surface area (Å²) in [6, 6.07) is 7.08. The van der Waals surface area contributed by atoms with Gasteiger partial charge < -0.3 is 15.4 Å². The summed E-state index contributed by atoms with van der Waals surface area (Å²) in [7, 11) is 1.60. The predicted octanol–water partition coefficient (Wildman–Crippen LogP) is 2.59. The number of anilines is 2. The molecule has 0 aliphatic carbocycles. The van der Waals surface area contributed by atoms with Crippen LogP contribution in [0.1, 0.15) is 6.92 Å². The maximum absolute atomic E-state index is 12.0. The van der Waals surface area contributed by atoms with Crippen LogP contribution in [0.2, 0.25) is 0 Å². The zero-order chi connectivity index (χ0) is 13.7. The van der Waals surface area contributed by atoms with Crippen molar-refractivity contribution in [1.82, 2.24) is 4.98 Å². The smallest absolute Gasteiger partial charge is 0.248 e. The molecule has 6 heteroatoms. The van der Waals surface area contributed by atoms with Crippen LogP contribution in [0.4, 0.5) is 10.8 Å². The van der Waals surface area contributed by atoms with Gasteiger partial charge in [0.15, 0.2) is 5.13 Å². The summed E-state index contributed by atoms with van der Waals surface area (Å²) in [6.07, 6.45) is 1.65. The average molecular weight is 277 g/mol. The summed E-state index contributed by atoms with van der Waals surface area (Å²) in [6.45, 7) is 1.79. The number of hydrogen-bond acceptors (Lipinski definition) is 5. The molecule has 5 nitrogen and oxygen atoms in total. The van der Waals surface area contributed by atoms with Gasteiger partial charge in [0.05, 0.1) is 12.8 Å². The molecule has 0 aliphatic rings. The van der Waals surface area contributed by atoms with E-state index < -0.39 is 0 Å². The first-order valence-electron chi connectivity index (χ1n) is 5.80. The molecular formula is C13H15N3O2S. The maximum Gasteiger partial charge on any atom is 0.248 e. The molecule has 2 N–H and O–H groups in total. The lowest BCUT2D eigenvalue weighted by Crippen LogP contribution is -2.31. The van der Waals surface area contributed by atoms with Gasteiger partial charge in [-0.1, -0.05) is 12.1 Å². The van der Waals surface area contributed by atoms with Gasteiger partial charge in [-0.3, -0.25) is 4.79 Å². The number of carbonyl (C=O) groups is 1. The molecule has 19 heavy (non-hydrogen) atoms. The highest BCUT2D eigenvalue weighted by atomic mass is 32.1. The highest BCUT2D eigenvalue weighted by Gasteiger charge is 2.15. The van der Waals surface area contributed by atoms with Crippen molar-refractivity contribution in [1.29, 1.82) is 0 Å². The molecule has 100 valence electrons. The van der Waals surface area contributed by atoms with Crippen LogP contribution in [0.25, 0.3) is 0 Å². The van der Waals surface area contributed by atoms with Crippen LogP contribution in [-0.2, 0) is 4.79 Å². The SMILES string of the molecule is COc1ccccc1NC(C)C(=O)Nc1nccs1. The van der Waals surface area contributed by atoms with E-state index in [1.165, 1.54) is 11.3 Å². The molecule has 1 heterocycles. The van der Waals surface area contributed by atoms with Crippen molar-refractivity contribution in [3.8, 4) is 5.75 Å². The predicted molar refractivity (Wildman–Crippen MR) is 76.8 cm³/mol. The third-order valence-electron chi connectivity index (χ3n) is 2.53. The second-order valence-corrected chi connectivity index (χ2v) is 4.79. The zero-order valence-corrected chi connectivity index (χ0v) is 11.5. The first-order chi connectivity index (χ1) is 9.20. The standard InChI is InChI=1S/C13H15N3O2S/c1-9(12(17)16-13-14-7-8-19-13)15-10-5-3-4-6-11(10)18-2/h3-9,15H,1-2H3,(H,14,16,17). The van der Waals surface area contributed by atoms with Crippen LogP contribution in [0, 0.1) is 0 Å². The summed E-state index contributed by atoms with van der Waals surface area (Å²) in [4.78, 5) is 16.0. The summed E-state index contributed by atoms with van der Waals surface area (Å²) in [5.74, 6) is 0.567. The second kappa shape index (κ2) is 6.19. The van der Waals surface area contributed by atoms with Gasteiger partial charge in [0.1, 0.15) is 11.8 Å². The van der Waals surface area contributed by atoms with Crippen molar-refractivity contribution in [2.24, 2.45) is 0 Å². The highest BCUT2D eigenvalue weighted by molar-refractivity contribution is 7.13. The van der Waals surface area contributed by atoms with Crippen LogP contribution in [0.3, 0.4) is 0 Å². The first kappa shape index (κ1) is 13.4. The number of rotatable bonds is 5. The molecule has 0 bridgehead atoms. The van der Waals surface area contributed by atoms with Crippen molar-refractivity contribution in [2.75, 3.05) is 17.7 Å². The zero-order valence-electron chi connectivity index (χ0n) is 10.7. The Morgan fingerprint density at radius 1 is 1.42 bits per heavy atom. The van der Waals surface area contributed by atoms with E-state index in [-0.39, 0.29) is 11.9 Å². The van der Waals surface area contributed by atoms with E-state index in [4.69, 9.17) is 4.74 Å². The van der Waals surface area contributed by atoms with Crippen molar-refractivity contribution in [3.63, 3.8) is 0 Å². The van der Waals surface area contributed by atoms with Gasteiger partial charge in [0.2, 0.25) is 5.91 Å². The van der Waals surface area contributed by atoms with E-state index in [0.29, 0.717) is 10.9 Å². The fourth-order valence-electron chi connectivity index (χ4n) is 1.56. The second-order valence-electron chi connectivity index (χ2n) is 3.89. The third-order valence-corrected chi connectivity index (χ3v) is 3.22. The maximum atomic E-state index is 12.0. The summed E-state index contributed by atoms with van der Waals surface area (Å²) in [5.41, 5.74) is 0.784. The molecule has 0 saturated carbocycles. The van der Waals surface area contributed by atoms with Gasteiger partial charge >= 0.3 is 0 Å². The minimum atomic E-state index is -0.389. The van der Waals surface area contributed by atoms with E-state index in [0.717, 1.165) is 5.69 Å². The molecule has 2 rings (SSSR count). The Hall–Kier alpha value is -2.08. The Morgan fingerprint density at radius 3 is 2.89 bits per heavy atom. The van der Waals surface area contributed by atoms with Crippen LogP contribution >= 0.6 is 11.3 Å². The van der Waals surface area contributed by atoms with Crippen molar-refractivity contribution < 1.29 is 9.53 Å². The quantitative estimate of drug-likeness (QED) is 0.881. The Balaban J connectivity index is 2.00. The van der Waals surface area contributed by atoms with Gasteiger partial charge in [0.25, 0.3) is 0 Å². The molecule has 2 aromatic rings. The Kier molecular flexibility index (Phi) is 4.35. The van der Waals surface area contributed by atoms with E-state index in [9.17, 15) is 4.79 Å². The van der Waals surface area contributed by atoms with Crippen molar-refractivity contribution in [2.45, 2.75) is 13.0 Å². The number of methoxy groups -OCH3 is 1. The normalized spacial score (nSPS) is 11.7. The summed E-state index contributed by atoms with van der Waals surface area (Å²) >= 11 is 1.39. The fourth-order valence-corrected chi connectivity index (χ4v) is 2.09. The topological polar surface area (TPSA) is 63.2 Å². The lowest BCUT2D eigenvalue weighted by molar-refractivity contribution is -0.116. The molecule has 1 aromatic carbocycles.